The Kier molecular flexibility index (Phi) is 2.89. The second kappa shape index (κ2) is 3.72. The smallest absolute Gasteiger partial charge is 0.0621 e. The molecule has 1 aromatic heterocycles. The van der Waals surface area contributed by atoms with Gasteiger partial charge in [0.15, 0.2) is 0 Å². The Morgan fingerprint density at radius 1 is 1.45 bits per heavy atom. The van der Waals surface area contributed by atoms with Gasteiger partial charge in [0.1, 0.15) is 0 Å². The highest BCUT2D eigenvalue weighted by molar-refractivity contribution is 6.31. The van der Waals surface area contributed by atoms with E-state index in [1.54, 1.807) is 6.20 Å². The molecule has 11 heavy (non-hydrogen) atoms. The first-order chi connectivity index (χ1) is 5.25. The SMILES string of the molecule is CCCc1cncc(Cl)c1C. The summed E-state index contributed by atoms with van der Waals surface area (Å²) in [5.41, 5.74) is 2.43. The molecule has 0 aliphatic heterocycles. The van der Waals surface area contributed by atoms with E-state index in [1.807, 2.05) is 13.1 Å². The summed E-state index contributed by atoms with van der Waals surface area (Å²) in [6.07, 6.45) is 5.79. The molecule has 1 aromatic rings. The molecule has 0 amide bonds. The van der Waals surface area contributed by atoms with Gasteiger partial charge in [-0.1, -0.05) is 24.9 Å². The van der Waals surface area contributed by atoms with Crippen molar-refractivity contribution in [2.24, 2.45) is 0 Å². The standard InChI is InChI=1S/C9H12ClN/c1-3-4-8-5-11-6-9(10)7(8)2/h5-6H,3-4H2,1-2H3. The summed E-state index contributed by atoms with van der Waals surface area (Å²) in [6.45, 7) is 4.19. The number of halogens is 1. The third kappa shape index (κ3) is 1.93. The van der Waals surface area contributed by atoms with E-state index in [9.17, 15) is 0 Å². The third-order valence-corrected chi connectivity index (χ3v) is 2.16. The van der Waals surface area contributed by atoms with Crippen molar-refractivity contribution >= 4 is 11.6 Å². The molecule has 1 rings (SSSR count). The highest BCUT2D eigenvalue weighted by Crippen LogP contribution is 2.17. The molecular weight excluding hydrogens is 158 g/mol. The number of hydrogen-bond acceptors (Lipinski definition) is 1. The van der Waals surface area contributed by atoms with E-state index in [2.05, 4.69) is 11.9 Å². The Morgan fingerprint density at radius 2 is 2.18 bits per heavy atom. The van der Waals surface area contributed by atoms with E-state index < -0.39 is 0 Å². The molecule has 0 saturated carbocycles. The van der Waals surface area contributed by atoms with Crippen molar-refractivity contribution in [1.82, 2.24) is 4.98 Å². The van der Waals surface area contributed by atoms with Gasteiger partial charge >= 0.3 is 0 Å². The van der Waals surface area contributed by atoms with Crippen LogP contribution in [-0.4, -0.2) is 4.98 Å². The normalized spacial score (nSPS) is 10.1. The van der Waals surface area contributed by atoms with E-state index in [1.165, 1.54) is 11.1 Å². The average Bonchev–Trinajstić information content (AvgIpc) is 1.99. The molecule has 2 heteroatoms. The summed E-state index contributed by atoms with van der Waals surface area (Å²) >= 11 is 5.89. The van der Waals surface area contributed by atoms with Crippen LogP contribution in [0.4, 0.5) is 0 Å². The van der Waals surface area contributed by atoms with Crippen LogP contribution in [0.5, 0.6) is 0 Å². The Bertz CT molecular complexity index is 245. The summed E-state index contributed by atoms with van der Waals surface area (Å²) in [4.78, 5) is 4.03. The predicted molar refractivity (Wildman–Crippen MR) is 48.0 cm³/mol. The lowest BCUT2D eigenvalue weighted by Gasteiger charge is -2.03. The first-order valence-electron chi connectivity index (χ1n) is 3.84. The minimum absolute atomic E-state index is 0.774. The molecule has 0 aliphatic rings. The Labute approximate surface area is 72.4 Å². The molecule has 0 saturated heterocycles. The Morgan fingerprint density at radius 3 is 2.82 bits per heavy atom. The monoisotopic (exact) mass is 169 g/mol. The van der Waals surface area contributed by atoms with E-state index >= 15 is 0 Å². The molecule has 60 valence electrons. The van der Waals surface area contributed by atoms with Crippen LogP contribution >= 0.6 is 11.6 Å². The zero-order chi connectivity index (χ0) is 8.27. The summed E-state index contributed by atoms with van der Waals surface area (Å²) in [6, 6.07) is 0. The lowest BCUT2D eigenvalue weighted by Crippen LogP contribution is -1.90. The summed E-state index contributed by atoms with van der Waals surface area (Å²) in [5, 5.41) is 0.774. The quantitative estimate of drug-likeness (QED) is 0.664. The maximum Gasteiger partial charge on any atom is 0.0621 e. The number of hydrogen-bond donors (Lipinski definition) is 0. The number of pyridine rings is 1. The fraction of sp³-hybridized carbons (Fsp3) is 0.444. The van der Waals surface area contributed by atoms with Crippen LogP contribution in [0, 0.1) is 6.92 Å². The second-order valence-corrected chi connectivity index (χ2v) is 3.06. The minimum Gasteiger partial charge on any atom is -0.263 e. The van der Waals surface area contributed by atoms with E-state index in [0.29, 0.717) is 0 Å². The number of aromatic nitrogens is 1. The topological polar surface area (TPSA) is 12.9 Å². The average molecular weight is 170 g/mol. The molecule has 0 radical (unpaired) electrons. The number of nitrogens with zero attached hydrogens (tertiary/aromatic N) is 1. The predicted octanol–water partition coefficient (Wildman–Crippen LogP) is 3.00. The molecule has 1 nitrogen and oxygen atoms in total. The van der Waals surface area contributed by atoms with E-state index in [4.69, 9.17) is 11.6 Å². The summed E-state index contributed by atoms with van der Waals surface area (Å²) in [7, 11) is 0. The molecule has 0 N–H and O–H groups in total. The van der Waals surface area contributed by atoms with Crippen LogP contribution in [0.15, 0.2) is 12.4 Å². The van der Waals surface area contributed by atoms with Crippen LogP contribution in [0.25, 0.3) is 0 Å². The molecule has 0 spiro atoms. The van der Waals surface area contributed by atoms with Gasteiger partial charge in [-0.3, -0.25) is 4.98 Å². The first-order valence-corrected chi connectivity index (χ1v) is 4.22. The third-order valence-electron chi connectivity index (χ3n) is 1.78. The van der Waals surface area contributed by atoms with Crippen LogP contribution in [-0.2, 0) is 6.42 Å². The van der Waals surface area contributed by atoms with Gasteiger partial charge in [0, 0.05) is 12.4 Å². The van der Waals surface area contributed by atoms with Gasteiger partial charge in [0.25, 0.3) is 0 Å². The van der Waals surface area contributed by atoms with Crippen molar-refractivity contribution in [3.63, 3.8) is 0 Å². The lowest BCUT2D eigenvalue weighted by atomic mass is 10.1. The summed E-state index contributed by atoms with van der Waals surface area (Å²) in [5.74, 6) is 0. The number of rotatable bonds is 2. The summed E-state index contributed by atoms with van der Waals surface area (Å²) < 4.78 is 0. The second-order valence-electron chi connectivity index (χ2n) is 2.66. The van der Waals surface area contributed by atoms with Gasteiger partial charge in [-0.05, 0) is 24.5 Å². The molecular formula is C9H12ClN. The Balaban J connectivity index is 2.96. The number of aryl methyl sites for hydroxylation is 1. The van der Waals surface area contributed by atoms with Gasteiger partial charge in [0.2, 0.25) is 0 Å². The fourth-order valence-electron chi connectivity index (χ4n) is 1.06. The van der Waals surface area contributed by atoms with Crippen molar-refractivity contribution in [3.05, 3.63) is 28.5 Å². The highest BCUT2D eigenvalue weighted by atomic mass is 35.5. The van der Waals surface area contributed by atoms with Gasteiger partial charge in [-0.2, -0.15) is 0 Å². The van der Waals surface area contributed by atoms with Gasteiger partial charge < -0.3 is 0 Å². The maximum atomic E-state index is 5.89. The van der Waals surface area contributed by atoms with Gasteiger partial charge in [-0.15, -0.1) is 0 Å². The van der Waals surface area contributed by atoms with E-state index in [-0.39, 0.29) is 0 Å². The van der Waals surface area contributed by atoms with Crippen LogP contribution in [0.1, 0.15) is 24.5 Å². The van der Waals surface area contributed by atoms with Crippen LogP contribution < -0.4 is 0 Å². The van der Waals surface area contributed by atoms with Gasteiger partial charge in [-0.25, -0.2) is 0 Å². The molecule has 0 aromatic carbocycles. The van der Waals surface area contributed by atoms with E-state index in [0.717, 1.165) is 17.9 Å². The maximum absolute atomic E-state index is 5.89. The molecule has 0 fully saturated rings. The lowest BCUT2D eigenvalue weighted by molar-refractivity contribution is 0.904. The molecule has 0 aliphatic carbocycles. The zero-order valence-corrected chi connectivity index (χ0v) is 7.65. The van der Waals surface area contributed by atoms with Crippen LogP contribution in [0.2, 0.25) is 5.02 Å². The molecule has 0 bridgehead atoms. The molecule has 0 unspecified atom stereocenters. The van der Waals surface area contributed by atoms with Crippen molar-refractivity contribution in [1.29, 1.82) is 0 Å². The molecule has 1 heterocycles. The van der Waals surface area contributed by atoms with Crippen molar-refractivity contribution in [2.45, 2.75) is 26.7 Å². The van der Waals surface area contributed by atoms with Crippen molar-refractivity contribution < 1.29 is 0 Å². The van der Waals surface area contributed by atoms with Crippen LogP contribution in [0.3, 0.4) is 0 Å². The minimum atomic E-state index is 0.774. The first kappa shape index (κ1) is 8.54. The largest absolute Gasteiger partial charge is 0.263 e. The molecule has 0 atom stereocenters. The highest BCUT2D eigenvalue weighted by Gasteiger charge is 2.00. The van der Waals surface area contributed by atoms with Crippen molar-refractivity contribution in [2.75, 3.05) is 0 Å². The van der Waals surface area contributed by atoms with Gasteiger partial charge in [0.05, 0.1) is 5.02 Å². The zero-order valence-electron chi connectivity index (χ0n) is 6.89. The van der Waals surface area contributed by atoms with Crippen molar-refractivity contribution in [3.8, 4) is 0 Å². The fourth-order valence-corrected chi connectivity index (χ4v) is 1.24. The Hall–Kier alpha value is -0.560.